The normalized spacial score (nSPS) is 12.3. The maximum absolute atomic E-state index is 11.4. The molecular formula is C15H23NO3. The van der Waals surface area contributed by atoms with Crippen LogP contribution in [0.5, 0.6) is 11.5 Å². The molecule has 0 saturated heterocycles. The number of hydrogen-bond acceptors (Lipinski definition) is 3. The average molecular weight is 265 g/mol. The van der Waals surface area contributed by atoms with Crippen molar-refractivity contribution in [1.29, 1.82) is 0 Å². The van der Waals surface area contributed by atoms with E-state index in [9.17, 15) is 15.0 Å². The van der Waals surface area contributed by atoms with Crippen molar-refractivity contribution in [3.8, 4) is 11.5 Å². The molecule has 0 bridgehead atoms. The number of aromatic hydroxyl groups is 2. The Morgan fingerprint density at radius 3 is 2.53 bits per heavy atom. The zero-order valence-corrected chi connectivity index (χ0v) is 11.4. The fraction of sp³-hybridized carbons (Fsp3) is 0.533. The summed E-state index contributed by atoms with van der Waals surface area (Å²) in [6, 6.07) is 4.62. The van der Waals surface area contributed by atoms with Gasteiger partial charge in [-0.2, -0.15) is 0 Å². The lowest BCUT2D eigenvalue weighted by Gasteiger charge is -2.13. The van der Waals surface area contributed by atoms with Gasteiger partial charge in [0.25, 0.3) is 0 Å². The van der Waals surface area contributed by atoms with Crippen LogP contribution in [-0.4, -0.2) is 16.1 Å². The number of phenols is 2. The summed E-state index contributed by atoms with van der Waals surface area (Å²) in [5.74, 6) is -0.820. The topological polar surface area (TPSA) is 83.6 Å². The molecule has 19 heavy (non-hydrogen) atoms. The number of primary amides is 1. The summed E-state index contributed by atoms with van der Waals surface area (Å²) in [4.78, 5) is 11.4. The lowest BCUT2D eigenvalue weighted by molar-refractivity contribution is -0.122. The van der Waals surface area contributed by atoms with Crippen molar-refractivity contribution in [1.82, 2.24) is 0 Å². The minimum absolute atomic E-state index is 0.151. The molecule has 1 atom stereocenters. The highest BCUT2D eigenvalue weighted by Crippen LogP contribution is 2.27. The van der Waals surface area contributed by atoms with E-state index in [2.05, 4.69) is 6.92 Å². The summed E-state index contributed by atoms with van der Waals surface area (Å²) < 4.78 is 0. The Kier molecular flexibility index (Phi) is 6.19. The molecule has 0 aliphatic heterocycles. The van der Waals surface area contributed by atoms with Gasteiger partial charge >= 0.3 is 0 Å². The van der Waals surface area contributed by atoms with E-state index in [0.29, 0.717) is 6.42 Å². The van der Waals surface area contributed by atoms with E-state index in [-0.39, 0.29) is 23.3 Å². The lowest BCUT2D eigenvalue weighted by Crippen LogP contribution is -2.25. The molecule has 4 N–H and O–H groups in total. The monoisotopic (exact) mass is 265 g/mol. The molecule has 1 unspecified atom stereocenters. The number of nitrogens with two attached hydrogens (primary N) is 1. The van der Waals surface area contributed by atoms with Gasteiger partial charge in [-0.15, -0.1) is 0 Å². The molecule has 1 aromatic carbocycles. The van der Waals surface area contributed by atoms with E-state index in [0.717, 1.165) is 31.2 Å². The molecule has 0 aromatic heterocycles. The molecule has 0 spiro atoms. The van der Waals surface area contributed by atoms with Crippen LogP contribution in [0.3, 0.4) is 0 Å². The van der Waals surface area contributed by atoms with Crippen molar-refractivity contribution >= 4 is 5.91 Å². The maximum atomic E-state index is 11.4. The maximum Gasteiger partial charge on any atom is 0.220 e. The van der Waals surface area contributed by atoms with E-state index in [1.165, 1.54) is 18.6 Å². The van der Waals surface area contributed by atoms with Gasteiger partial charge in [0.15, 0.2) is 11.5 Å². The third kappa shape index (κ3) is 5.20. The Balaban J connectivity index is 2.57. The van der Waals surface area contributed by atoms with Crippen LogP contribution in [0.4, 0.5) is 0 Å². The first-order valence-corrected chi connectivity index (χ1v) is 6.84. The van der Waals surface area contributed by atoms with Crippen molar-refractivity contribution in [3.05, 3.63) is 23.8 Å². The van der Waals surface area contributed by atoms with Crippen LogP contribution < -0.4 is 5.73 Å². The van der Waals surface area contributed by atoms with Gasteiger partial charge in [0, 0.05) is 5.92 Å². The fourth-order valence-corrected chi connectivity index (χ4v) is 2.14. The molecule has 0 aliphatic rings. The molecule has 4 nitrogen and oxygen atoms in total. The molecule has 1 rings (SSSR count). The first-order chi connectivity index (χ1) is 9.04. The lowest BCUT2D eigenvalue weighted by atomic mass is 9.93. The summed E-state index contributed by atoms with van der Waals surface area (Å²) in [6.45, 7) is 2.14. The number of hydrogen-bond donors (Lipinski definition) is 3. The molecule has 1 amide bonds. The number of benzene rings is 1. The number of carbonyl (C=O) groups excluding carboxylic acids is 1. The SMILES string of the molecule is CCCCCCC(Cc1ccc(O)c(O)c1)C(N)=O. The molecule has 1 aromatic rings. The number of carbonyl (C=O) groups is 1. The van der Waals surface area contributed by atoms with Gasteiger partial charge in [-0.1, -0.05) is 38.7 Å². The van der Waals surface area contributed by atoms with Gasteiger partial charge in [-0.05, 0) is 30.5 Å². The average Bonchev–Trinajstić information content (AvgIpc) is 2.37. The second-order valence-corrected chi connectivity index (χ2v) is 4.98. The van der Waals surface area contributed by atoms with E-state index in [1.807, 2.05) is 0 Å². The number of rotatable bonds is 8. The van der Waals surface area contributed by atoms with Crippen LogP contribution in [0, 0.1) is 5.92 Å². The van der Waals surface area contributed by atoms with Crippen LogP contribution >= 0.6 is 0 Å². The quantitative estimate of drug-likeness (QED) is 0.499. The van der Waals surface area contributed by atoms with Gasteiger partial charge in [-0.3, -0.25) is 4.79 Å². The van der Waals surface area contributed by atoms with E-state index in [1.54, 1.807) is 6.07 Å². The molecule has 0 fully saturated rings. The Hall–Kier alpha value is -1.71. The summed E-state index contributed by atoms with van der Waals surface area (Å²) in [5.41, 5.74) is 6.23. The second kappa shape index (κ2) is 7.67. The van der Waals surface area contributed by atoms with E-state index >= 15 is 0 Å². The van der Waals surface area contributed by atoms with Crippen LogP contribution in [0.25, 0.3) is 0 Å². The molecule has 0 radical (unpaired) electrons. The zero-order chi connectivity index (χ0) is 14.3. The predicted molar refractivity (Wildman–Crippen MR) is 74.9 cm³/mol. The Morgan fingerprint density at radius 2 is 1.95 bits per heavy atom. The predicted octanol–water partition coefficient (Wildman–Crippen LogP) is 2.71. The number of phenolic OH excluding ortho intramolecular Hbond substituents is 2. The van der Waals surface area contributed by atoms with Gasteiger partial charge in [0.1, 0.15) is 0 Å². The first-order valence-electron chi connectivity index (χ1n) is 6.84. The van der Waals surface area contributed by atoms with Crippen molar-refractivity contribution < 1.29 is 15.0 Å². The summed E-state index contributed by atoms with van der Waals surface area (Å²) >= 11 is 0. The smallest absolute Gasteiger partial charge is 0.220 e. The Bertz CT molecular complexity index is 418. The minimum Gasteiger partial charge on any atom is -0.504 e. The minimum atomic E-state index is -0.302. The van der Waals surface area contributed by atoms with Crippen molar-refractivity contribution in [2.45, 2.75) is 45.4 Å². The molecule has 106 valence electrons. The van der Waals surface area contributed by atoms with Crippen LogP contribution in [-0.2, 0) is 11.2 Å². The molecule has 4 heteroatoms. The van der Waals surface area contributed by atoms with Crippen LogP contribution in [0.2, 0.25) is 0 Å². The highest BCUT2D eigenvalue weighted by molar-refractivity contribution is 5.77. The van der Waals surface area contributed by atoms with Crippen molar-refractivity contribution in [3.63, 3.8) is 0 Å². The van der Waals surface area contributed by atoms with Gasteiger partial charge in [-0.25, -0.2) is 0 Å². The van der Waals surface area contributed by atoms with Gasteiger partial charge < -0.3 is 15.9 Å². The Labute approximate surface area is 114 Å². The highest BCUT2D eigenvalue weighted by atomic mass is 16.3. The first kappa shape index (κ1) is 15.3. The standard InChI is InChI=1S/C15H23NO3/c1-2-3-4-5-6-12(15(16)19)9-11-7-8-13(17)14(18)10-11/h7-8,10,12,17-18H,2-6,9H2,1H3,(H2,16,19). The van der Waals surface area contributed by atoms with Gasteiger partial charge in [0.2, 0.25) is 5.91 Å². The molecule has 0 aliphatic carbocycles. The molecule has 0 heterocycles. The van der Waals surface area contributed by atoms with E-state index < -0.39 is 0 Å². The largest absolute Gasteiger partial charge is 0.504 e. The van der Waals surface area contributed by atoms with E-state index in [4.69, 9.17) is 5.73 Å². The van der Waals surface area contributed by atoms with Crippen molar-refractivity contribution in [2.24, 2.45) is 11.7 Å². The highest BCUT2D eigenvalue weighted by Gasteiger charge is 2.16. The molecular weight excluding hydrogens is 242 g/mol. The third-order valence-corrected chi connectivity index (χ3v) is 3.33. The number of amides is 1. The zero-order valence-electron chi connectivity index (χ0n) is 11.4. The van der Waals surface area contributed by atoms with Crippen molar-refractivity contribution in [2.75, 3.05) is 0 Å². The number of unbranched alkanes of at least 4 members (excludes halogenated alkanes) is 3. The Morgan fingerprint density at radius 1 is 1.21 bits per heavy atom. The van der Waals surface area contributed by atoms with Gasteiger partial charge in [0.05, 0.1) is 0 Å². The summed E-state index contributed by atoms with van der Waals surface area (Å²) in [7, 11) is 0. The summed E-state index contributed by atoms with van der Waals surface area (Å²) in [5, 5.41) is 18.7. The molecule has 0 saturated carbocycles. The second-order valence-electron chi connectivity index (χ2n) is 4.98. The fourth-order valence-electron chi connectivity index (χ4n) is 2.14. The van der Waals surface area contributed by atoms with Crippen LogP contribution in [0.15, 0.2) is 18.2 Å². The third-order valence-electron chi connectivity index (χ3n) is 3.33. The summed E-state index contributed by atoms with van der Waals surface area (Å²) in [6.07, 6.45) is 5.72. The van der Waals surface area contributed by atoms with Crippen LogP contribution in [0.1, 0.15) is 44.6 Å².